The molecule has 9 rings (SSSR count). The Balaban J connectivity index is 1.25. The Hall–Kier alpha value is -2.40. The molecule has 8 nitrogen and oxygen atoms in total. The van der Waals surface area contributed by atoms with Crippen LogP contribution in [0.3, 0.4) is 0 Å². The average molecular weight is 706 g/mol. The second kappa shape index (κ2) is 13.3. The molecule has 4 heterocycles. The number of nitrogens with one attached hydrogen (secondary N) is 3. The summed E-state index contributed by atoms with van der Waals surface area (Å²) >= 11 is 0. The molecule has 9 aliphatic rings. The zero-order valence-corrected chi connectivity index (χ0v) is 30.7. The van der Waals surface area contributed by atoms with E-state index < -0.39 is 11.5 Å². The monoisotopic (exact) mass is 705 g/mol. The van der Waals surface area contributed by atoms with Crippen molar-refractivity contribution in [1.29, 1.82) is 0 Å². The van der Waals surface area contributed by atoms with E-state index in [1.807, 2.05) is 0 Å². The third kappa shape index (κ3) is 5.77. The summed E-state index contributed by atoms with van der Waals surface area (Å²) < 4.78 is 12.7. The lowest BCUT2D eigenvalue weighted by molar-refractivity contribution is -0.135. The molecule has 3 fully saturated rings. The first-order valence-electron chi connectivity index (χ1n) is 18.7. The highest BCUT2D eigenvalue weighted by molar-refractivity contribution is 8.76. The molecule has 0 aromatic carbocycles. The lowest BCUT2D eigenvalue weighted by Crippen LogP contribution is -2.52. The highest BCUT2D eigenvalue weighted by Gasteiger charge is 2.68. The van der Waals surface area contributed by atoms with Crippen molar-refractivity contribution in [1.82, 2.24) is 16.0 Å². The van der Waals surface area contributed by atoms with Crippen LogP contribution in [0.4, 0.5) is 0 Å². The predicted molar refractivity (Wildman–Crippen MR) is 194 cm³/mol. The molecule has 7 unspecified atom stereocenters. The number of carbonyl (C=O) groups is 2. The number of ether oxygens (including phenoxy) is 2. The van der Waals surface area contributed by atoms with E-state index in [4.69, 9.17) is 9.47 Å². The van der Waals surface area contributed by atoms with E-state index in [0.29, 0.717) is 13.0 Å². The molecular formula is C39H51N3O5S2. The van der Waals surface area contributed by atoms with E-state index in [2.05, 4.69) is 54.1 Å². The average Bonchev–Trinajstić information content (AvgIpc) is 3.78. The third-order valence-corrected chi connectivity index (χ3v) is 15.5. The Labute approximate surface area is 298 Å². The smallest absolute Gasteiger partial charge is 0.340 e. The third-order valence-electron chi connectivity index (χ3n) is 12.9. The van der Waals surface area contributed by atoms with Crippen molar-refractivity contribution in [2.24, 2.45) is 34.5 Å². The maximum absolute atomic E-state index is 14.3. The normalized spacial score (nSPS) is 36.6. The topological polar surface area (TPSA) is 109 Å². The van der Waals surface area contributed by atoms with Crippen molar-refractivity contribution in [2.45, 2.75) is 103 Å². The number of esters is 2. The summed E-state index contributed by atoms with van der Waals surface area (Å²) in [7, 11) is 3.54. The first kappa shape index (κ1) is 33.7. The molecule has 0 aromatic heterocycles. The van der Waals surface area contributed by atoms with E-state index in [-0.39, 0.29) is 46.4 Å². The van der Waals surface area contributed by atoms with Gasteiger partial charge in [-0.15, -0.1) is 0 Å². The van der Waals surface area contributed by atoms with E-state index in [9.17, 15) is 14.7 Å². The summed E-state index contributed by atoms with van der Waals surface area (Å²) in [6.45, 7) is 7.52. The minimum atomic E-state index is -0.656. The number of hydrogen-bond donors (Lipinski definition) is 4. The zero-order chi connectivity index (χ0) is 33.9. The van der Waals surface area contributed by atoms with Crippen LogP contribution >= 0.6 is 21.6 Å². The van der Waals surface area contributed by atoms with Crippen molar-refractivity contribution >= 4 is 33.5 Å². The summed E-state index contributed by atoms with van der Waals surface area (Å²) in [5, 5.41) is 20.8. The lowest BCUT2D eigenvalue weighted by Gasteiger charge is -2.56. The number of carbonyl (C=O) groups excluding carboxylic acids is 2. The summed E-state index contributed by atoms with van der Waals surface area (Å²) in [4.78, 5) is 28.4. The van der Waals surface area contributed by atoms with Gasteiger partial charge in [0.1, 0.15) is 11.5 Å². The van der Waals surface area contributed by atoms with Gasteiger partial charge in [-0.25, -0.2) is 9.59 Å². The predicted octanol–water partition coefficient (Wildman–Crippen LogP) is 6.89. The molecule has 264 valence electrons. The number of rotatable bonds is 5. The van der Waals surface area contributed by atoms with E-state index >= 15 is 0 Å². The minimum absolute atomic E-state index is 0.0768. The Morgan fingerprint density at radius 3 is 2.76 bits per heavy atom. The van der Waals surface area contributed by atoms with Crippen LogP contribution in [0.1, 0.15) is 91.4 Å². The standard InChI is InChI=1S/C39H51N3O5S2/c1-4-38(13-5-6-14-38)19-29-27-9-8-26-25-11-15-39(33(26)32(27)36(44)46-29)30-10-7-22(2)35(41-20-23(3)43)49-48-21-42-31-18-24(12-16-40-31)17-28(25)34(39)37(45)47-30/h10,12,18-19,22-23,25-26,33,35,40-43H,4-9,11,13-17,20-21H2,1-3H3. The molecule has 0 radical (unpaired) electrons. The Kier molecular flexibility index (Phi) is 9.15. The van der Waals surface area contributed by atoms with Crippen LogP contribution in [0.25, 0.3) is 0 Å². The van der Waals surface area contributed by atoms with Crippen LogP contribution in [-0.4, -0.2) is 47.5 Å². The highest BCUT2D eigenvalue weighted by Crippen LogP contribution is 2.71. The van der Waals surface area contributed by atoms with Gasteiger partial charge in [-0.05, 0) is 112 Å². The van der Waals surface area contributed by atoms with Crippen LogP contribution in [0.2, 0.25) is 0 Å². The quantitative estimate of drug-likeness (QED) is 0.178. The van der Waals surface area contributed by atoms with Gasteiger partial charge in [-0.3, -0.25) is 0 Å². The van der Waals surface area contributed by atoms with Crippen LogP contribution in [0.15, 0.2) is 69.5 Å². The summed E-state index contributed by atoms with van der Waals surface area (Å²) in [6, 6.07) is 0. The van der Waals surface area contributed by atoms with Crippen LogP contribution in [0, 0.1) is 34.5 Å². The fourth-order valence-electron chi connectivity index (χ4n) is 10.5. The number of aliphatic hydroxyl groups excluding tert-OH is 1. The van der Waals surface area contributed by atoms with E-state index in [0.717, 1.165) is 97.8 Å². The van der Waals surface area contributed by atoms with E-state index in [1.165, 1.54) is 24.0 Å². The molecule has 1 spiro atoms. The minimum Gasteiger partial charge on any atom is -0.427 e. The first-order valence-corrected chi connectivity index (χ1v) is 21.0. The highest BCUT2D eigenvalue weighted by atomic mass is 33.1. The van der Waals surface area contributed by atoms with Crippen LogP contribution in [-0.2, 0) is 19.1 Å². The van der Waals surface area contributed by atoms with Gasteiger partial charge in [-0.1, -0.05) is 59.9 Å². The molecule has 7 bridgehead atoms. The molecule has 4 aliphatic heterocycles. The SMILES string of the molecule is CCC1(C=C2OC(=O)C3=C2CCC2C4CCC5(C6=CCC(C)C(NCC(C)O)SSCNC7=CC(=CCN7)CC4=C5C(=O)O6)C32)CCCC1. The van der Waals surface area contributed by atoms with Gasteiger partial charge in [0, 0.05) is 30.2 Å². The van der Waals surface area contributed by atoms with Crippen molar-refractivity contribution in [3.05, 3.63) is 69.5 Å². The van der Waals surface area contributed by atoms with E-state index in [1.54, 1.807) is 28.5 Å². The molecule has 2 saturated carbocycles. The fourth-order valence-corrected chi connectivity index (χ4v) is 13.0. The van der Waals surface area contributed by atoms with Gasteiger partial charge in [-0.2, -0.15) is 0 Å². The van der Waals surface area contributed by atoms with Crippen molar-refractivity contribution in [3.8, 4) is 0 Å². The van der Waals surface area contributed by atoms with Crippen molar-refractivity contribution in [2.75, 3.05) is 19.0 Å². The maximum atomic E-state index is 14.3. The molecule has 7 atom stereocenters. The second-order valence-electron chi connectivity index (χ2n) is 15.7. The fraction of sp³-hybridized carbons (Fsp3) is 0.641. The molecular weight excluding hydrogens is 655 g/mol. The number of aliphatic hydroxyl groups is 1. The summed E-state index contributed by atoms with van der Waals surface area (Å²) in [5.74, 6) is 3.44. The number of fused-ring (bicyclic) bond motifs is 2. The number of cyclic esters (lactones) is 1. The van der Waals surface area contributed by atoms with Gasteiger partial charge in [0.05, 0.1) is 34.2 Å². The molecule has 1 saturated heterocycles. The zero-order valence-electron chi connectivity index (χ0n) is 29.1. The number of allylic oxidation sites excluding steroid dienone is 7. The number of dihydropyridines is 1. The molecule has 0 aromatic rings. The molecule has 49 heavy (non-hydrogen) atoms. The molecule has 4 N–H and O–H groups in total. The maximum Gasteiger partial charge on any atom is 0.340 e. The molecule has 10 heteroatoms. The van der Waals surface area contributed by atoms with Crippen molar-refractivity contribution < 1.29 is 24.2 Å². The van der Waals surface area contributed by atoms with Gasteiger partial charge >= 0.3 is 11.9 Å². The van der Waals surface area contributed by atoms with Gasteiger partial charge in [0.2, 0.25) is 0 Å². The van der Waals surface area contributed by atoms with Crippen LogP contribution < -0.4 is 16.0 Å². The Bertz CT molecular complexity index is 1600. The summed E-state index contributed by atoms with van der Waals surface area (Å²) in [6.07, 6.45) is 19.4. The molecule has 0 amide bonds. The Morgan fingerprint density at radius 2 is 1.96 bits per heavy atom. The van der Waals surface area contributed by atoms with Gasteiger partial charge in [0.15, 0.2) is 0 Å². The van der Waals surface area contributed by atoms with Crippen LogP contribution in [0.5, 0.6) is 0 Å². The van der Waals surface area contributed by atoms with Gasteiger partial charge < -0.3 is 30.5 Å². The number of hydrogen-bond acceptors (Lipinski definition) is 10. The summed E-state index contributed by atoms with van der Waals surface area (Å²) in [5.41, 5.74) is 4.64. The second-order valence-corrected chi connectivity index (χ2v) is 18.2. The lowest BCUT2D eigenvalue weighted by atomic mass is 9.44. The van der Waals surface area contributed by atoms with Gasteiger partial charge in [0.25, 0.3) is 0 Å². The Morgan fingerprint density at radius 1 is 1.12 bits per heavy atom. The molecule has 5 aliphatic carbocycles. The first-order chi connectivity index (χ1) is 23.7. The largest absolute Gasteiger partial charge is 0.427 e. The van der Waals surface area contributed by atoms with Crippen molar-refractivity contribution in [3.63, 3.8) is 0 Å².